The van der Waals surface area contributed by atoms with E-state index in [2.05, 4.69) is 14.7 Å². The Kier molecular flexibility index (Phi) is 5.64. The predicted octanol–water partition coefficient (Wildman–Crippen LogP) is 2.88. The first-order valence-corrected chi connectivity index (χ1v) is 8.69. The lowest BCUT2D eigenvalue weighted by Gasteiger charge is -2.10. The molecule has 0 radical (unpaired) electrons. The lowest BCUT2D eigenvalue weighted by molar-refractivity contribution is 0.442. The summed E-state index contributed by atoms with van der Waals surface area (Å²) in [6.45, 7) is 0.326. The molecular weight excluding hydrogens is 345 g/mol. The number of hydrogen-bond acceptors (Lipinski definition) is 5. The van der Waals surface area contributed by atoms with Crippen LogP contribution in [-0.2, 0) is 17.7 Å². The van der Waals surface area contributed by atoms with Gasteiger partial charge in [0, 0.05) is 36.3 Å². The summed E-state index contributed by atoms with van der Waals surface area (Å²) in [5.74, 6) is 0.107. The van der Waals surface area contributed by atoms with Crippen molar-refractivity contribution < 1.29 is 17.9 Å². The molecule has 25 heavy (non-hydrogen) atoms. The largest absolute Gasteiger partial charge is 0.760 e. The fourth-order valence-corrected chi connectivity index (χ4v) is 2.67. The highest BCUT2D eigenvalue weighted by atomic mass is 32.2. The van der Waals surface area contributed by atoms with Crippen LogP contribution in [0.4, 0.5) is 4.39 Å². The number of aromatic nitrogens is 2. The number of ether oxygens (including phenoxy) is 1. The van der Waals surface area contributed by atoms with Crippen LogP contribution in [0.5, 0.6) is 11.5 Å². The minimum Gasteiger partial charge on any atom is -0.760 e. The molecule has 0 aliphatic carbocycles. The van der Waals surface area contributed by atoms with Crippen molar-refractivity contribution in [1.82, 2.24) is 14.7 Å². The average Bonchev–Trinajstić information content (AvgIpc) is 2.61. The van der Waals surface area contributed by atoms with E-state index in [-0.39, 0.29) is 5.75 Å². The van der Waals surface area contributed by atoms with Crippen LogP contribution < -0.4 is 9.46 Å². The third kappa shape index (κ3) is 4.79. The van der Waals surface area contributed by atoms with Crippen molar-refractivity contribution in [1.29, 1.82) is 0 Å². The topological polar surface area (TPSA) is 87.2 Å². The van der Waals surface area contributed by atoms with Gasteiger partial charge in [-0.25, -0.2) is 9.11 Å². The summed E-state index contributed by atoms with van der Waals surface area (Å²) in [5.41, 5.74) is 2.25. The Morgan fingerprint density at radius 3 is 2.72 bits per heavy atom. The molecule has 0 saturated heterocycles. The van der Waals surface area contributed by atoms with Crippen LogP contribution in [0.25, 0.3) is 11.0 Å². The molecule has 1 aromatic heterocycles. The van der Waals surface area contributed by atoms with Crippen LogP contribution in [0.2, 0.25) is 0 Å². The first-order chi connectivity index (χ1) is 12.1. The molecule has 0 bridgehead atoms. The van der Waals surface area contributed by atoms with Crippen molar-refractivity contribution >= 4 is 22.3 Å². The van der Waals surface area contributed by atoms with Crippen molar-refractivity contribution in [2.75, 3.05) is 6.54 Å². The van der Waals surface area contributed by atoms with E-state index in [1.54, 1.807) is 42.7 Å². The minimum atomic E-state index is -2.27. The maximum Gasteiger partial charge on any atom is 0.165 e. The molecule has 1 N–H and O–H groups in total. The van der Waals surface area contributed by atoms with Gasteiger partial charge in [0.15, 0.2) is 11.6 Å². The molecule has 0 aliphatic heterocycles. The molecule has 1 atom stereocenters. The van der Waals surface area contributed by atoms with Crippen molar-refractivity contribution in [3.8, 4) is 11.5 Å². The lowest BCUT2D eigenvalue weighted by atomic mass is 10.1. The zero-order chi connectivity index (χ0) is 17.6. The number of benzene rings is 2. The van der Waals surface area contributed by atoms with Crippen molar-refractivity contribution in [3.05, 3.63) is 60.2 Å². The number of hydrogen-bond donors (Lipinski definition) is 1. The monoisotopic (exact) mass is 360 g/mol. The van der Waals surface area contributed by atoms with Crippen LogP contribution in [0.1, 0.15) is 12.0 Å². The van der Waals surface area contributed by atoms with Crippen LogP contribution >= 0.6 is 0 Å². The standard InChI is InChI=1S/C17H16FN3O3S/c18-14-5-3-12(2-1-7-21-25(22)23)10-17(14)24-13-4-6-15-16(11-13)20-9-8-19-15/h3-6,8-11,21H,1-2,7H2,(H,22,23)/p-1. The van der Waals surface area contributed by atoms with Gasteiger partial charge < -0.3 is 9.29 Å². The van der Waals surface area contributed by atoms with Gasteiger partial charge in [-0.05, 0) is 42.7 Å². The number of halogens is 1. The van der Waals surface area contributed by atoms with Gasteiger partial charge in [-0.1, -0.05) is 6.07 Å². The van der Waals surface area contributed by atoms with Crippen molar-refractivity contribution in [3.63, 3.8) is 0 Å². The second-order valence-electron chi connectivity index (χ2n) is 5.31. The summed E-state index contributed by atoms with van der Waals surface area (Å²) in [6, 6.07) is 9.77. The molecule has 0 saturated carbocycles. The zero-order valence-corrected chi connectivity index (χ0v) is 14.0. The normalized spacial score (nSPS) is 12.2. The van der Waals surface area contributed by atoms with E-state index < -0.39 is 17.1 Å². The molecule has 0 amide bonds. The molecule has 3 aromatic rings. The van der Waals surface area contributed by atoms with Crippen LogP contribution in [-0.4, -0.2) is 25.3 Å². The van der Waals surface area contributed by atoms with E-state index >= 15 is 0 Å². The van der Waals surface area contributed by atoms with Gasteiger partial charge in [-0.15, -0.1) is 0 Å². The first-order valence-electron chi connectivity index (χ1n) is 7.61. The Morgan fingerprint density at radius 2 is 1.92 bits per heavy atom. The second-order valence-corrected chi connectivity index (χ2v) is 6.06. The lowest BCUT2D eigenvalue weighted by Crippen LogP contribution is -2.18. The summed E-state index contributed by atoms with van der Waals surface area (Å²) in [5, 5.41) is 0. The molecule has 2 aromatic carbocycles. The van der Waals surface area contributed by atoms with E-state index in [0.29, 0.717) is 30.7 Å². The zero-order valence-electron chi connectivity index (χ0n) is 13.1. The number of nitrogens with zero attached hydrogens (tertiary/aromatic N) is 2. The number of aryl methyl sites for hydroxylation is 1. The number of fused-ring (bicyclic) bond motifs is 1. The average molecular weight is 360 g/mol. The highest BCUT2D eigenvalue weighted by Gasteiger charge is 2.08. The number of rotatable bonds is 7. The summed E-state index contributed by atoms with van der Waals surface area (Å²) < 4.78 is 42.8. The van der Waals surface area contributed by atoms with Crippen LogP contribution in [0, 0.1) is 5.82 Å². The highest BCUT2D eigenvalue weighted by molar-refractivity contribution is 7.77. The van der Waals surface area contributed by atoms with Gasteiger partial charge in [-0.3, -0.25) is 14.2 Å². The Hall–Kier alpha value is -2.42. The second kappa shape index (κ2) is 8.11. The van der Waals surface area contributed by atoms with Gasteiger partial charge in [-0.2, -0.15) is 0 Å². The summed E-state index contributed by atoms with van der Waals surface area (Å²) in [6.07, 6.45) is 4.38. The van der Waals surface area contributed by atoms with Crippen LogP contribution in [0.3, 0.4) is 0 Å². The third-order valence-corrected chi connectivity index (χ3v) is 3.97. The summed E-state index contributed by atoms with van der Waals surface area (Å²) in [4.78, 5) is 8.37. The Balaban J connectivity index is 1.72. The van der Waals surface area contributed by atoms with Crippen LogP contribution in [0.15, 0.2) is 48.8 Å². The summed E-state index contributed by atoms with van der Waals surface area (Å²) in [7, 11) is 0. The maximum atomic E-state index is 14.0. The van der Waals surface area contributed by atoms with E-state index in [0.717, 1.165) is 11.1 Å². The Bertz CT molecular complexity index is 907. The third-order valence-electron chi connectivity index (χ3n) is 3.53. The quantitative estimate of drug-likeness (QED) is 0.517. The number of nitrogens with one attached hydrogen (secondary N) is 1. The fraction of sp³-hybridized carbons (Fsp3) is 0.176. The van der Waals surface area contributed by atoms with Gasteiger partial charge in [0.1, 0.15) is 5.75 Å². The molecule has 0 aliphatic rings. The van der Waals surface area contributed by atoms with E-state index in [1.807, 2.05) is 0 Å². The van der Waals surface area contributed by atoms with E-state index in [1.165, 1.54) is 6.07 Å². The van der Waals surface area contributed by atoms with Gasteiger partial charge in [0.2, 0.25) is 0 Å². The minimum absolute atomic E-state index is 0.112. The van der Waals surface area contributed by atoms with Gasteiger partial charge in [0.05, 0.1) is 11.0 Å². The van der Waals surface area contributed by atoms with Gasteiger partial charge >= 0.3 is 0 Å². The fourth-order valence-electron chi connectivity index (χ4n) is 2.36. The molecule has 130 valence electrons. The molecule has 6 nitrogen and oxygen atoms in total. The van der Waals surface area contributed by atoms with Gasteiger partial charge in [0.25, 0.3) is 0 Å². The Labute approximate surface area is 146 Å². The predicted molar refractivity (Wildman–Crippen MR) is 91.3 cm³/mol. The molecule has 8 heteroatoms. The highest BCUT2D eigenvalue weighted by Crippen LogP contribution is 2.27. The molecule has 1 heterocycles. The first kappa shape index (κ1) is 17.4. The maximum absolute atomic E-state index is 14.0. The van der Waals surface area contributed by atoms with Crippen molar-refractivity contribution in [2.45, 2.75) is 12.8 Å². The molecular formula is C17H15FN3O3S-. The van der Waals surface area contributed by atoms with E-state index in [4.69, 9.17) is 4.74 Å². The van der Waals surface area contributed by atoms with E-state index in [9.17, 15) is 13.2 Å². The Morgan fingerprint density at radius 1 is 1.12 bits per heavy atom. The molecule has 0 fully saturated rings. The van der Waals surface area contributed by atoms with Crippen molar-refractivity contribution in [2.24, 2.45) is 0 Å². The smallest absolute Gasteiger partial charge is 0.165 e. The summed E-state index contributed by atoms with van der Waals surface area (Å²) >= 11 is -2.27. The SMILES string of the molecule is O=S([O-])NCCCc1ccc(F)c(Oc2ccc3nccnc3c2)c1. The molecule has 1 unspecified atom stereocenters. The molecule has 0 spiro atoms. The molecule has 3 rings (SSSR count).